The van der Waals surface area contributed by atoms with Crippen LogP contribution in [-0.4, -0.2) is 46.7 Å². The van der Waals surface area contributed by atoms with Gasteiger partial charge in [-0.3, -0.25) is 0 Å². The van der Waals surface area contributed by atoms with Crippen molar-refractivity contribution in [3.8, 4) is 11.1 Å². The van der Waals surface area contributed by atoms with Gasteiger partial charge < -0.3 is 20.1 Å². The van der Waals surface area contributed by atoms with Crippen molar-refractivity contribution in [3.63, 3.8) is 0 Å². The summed E-state index contributed by atoms with van der Waals surface area (Å²) in [5.74, 6) is 0.421. The fourth-order valence-electron chi connectivity index (χ4n) is 6.00. The summed E-state index contributed by atoms with van der Waals surface area (Å²) < 4.78 is 5.87. The van der Waals surface area contributed by atoms with Crippen molar-refractivity contribution in [2.75, 3.05) is 25.0 Å². The van der Waals surface area contributed by atoms with Gasteiger partial charge in [-0.2, -0.15) is 0 Å². The molecule has 1 aromatic heterocycles. The molecular formula is C34H33N3O4. The second-order valence-electron chi connectivity index (χ2n) is 10.8. The first-order valence-corrected chi connectivity index (χ1v) is 14.2. The average molecular weight is 548 g/mol. The third-order valence-electron chi connectivity index (χ3n) is 8.28. The molecule has 3 aromatic carbocycles. The highest BCUT2D eigenvalue weighted by Gasteiger charge is 2.30. The molecule has 1 saturated heterocycles. The van der Waals surface area contributed by atoms with Gasteiger partial charge in [0.15, 0.2) is 0 Å². The molecular weight excluding hydrogens is 514 g/mol. The Morgan fingerprint density at radius 2 is 1.56 bits per heavy atom. The molecule has 0 atom stereocenters. The molecule has 4 aromatic rings. The van der Waals surface area contributed by atoms with Crippen LogP contribution in [0.25, 0.3) is 11.1 Å². The van der Waals surface area contributed by atoms with Crippen LogP contribution in [0.15, 0.2) is 91.1 Å². The normalized spacial score (nSPS) is 14.8. The van der Waals surface area contributed by atoms with E-state index in [0.717, 1.165) is 50.3 Å². The number of carboxylic acids is 1. The highest BCUT2D eigenvalue weighted by molar-refractivity contribution is 5.88. The first-order valence-electron chi connectivity index (χ1n) is 14.2. The average Bonchev–Trinajstić information content (AvgIpc) is 3.33. The van der Waals surface area contributed by atoms with E-state index in [1.54, 1.807) is 30.5 Å². The van der Waals surface area contributed by atoms with Crippen molar-refractivity contribution in [2.45, 2.75) is 31.6 Å². The number of ether oxygens (including phenoxy) is 1. The quantitative estimate of drug-likeness (QED) is 0.244. The summed E-state index contributed by atoms with van der Waals surface area (Å²) >= 11 is 0. The molecule has 41 heavy (non-hydrogen) atoms. The van der Waals surface area contributed by atoms with Gasteiger partial charge in [0.25, 0.3) is 0 Å². The zero-order valence-electron chi connectivity index (χ0n) is 22.8. The van der Waals surface area contributed by atoms with Crippen molar-refractivity contribution in [1.29, 1.82) is 0 Å². The Morgan fingerprint density at radius 1 is 0.902 bits per heavy atom. The molecule has 7 heteroatoms. The monoisotopic (exact) mass is 547 g/mol. The van der Waals surface area contributed by atoms with Gasteiger partial charge in [0.1, 0.15) is 12.4 Å². The van der Waals surface area contributed by atoms with Crippen LogP contribution in [-0.2, 0) is 11.2 Å². The molecule has 208 valence electrons. The summed E-state index contributed by atoms with van der Waals surface area (Å²) in [6.07, 6.45) is 5.50. The lowest BCUT2D eigenvalue weighted by atomic mass is 9.91. The van der Waals surface area contributed by atoms with E-state index in [2.05, 4.69) is 58.8 Å². The molecule has 1 fully saturated rings. The number of likely N-dealkylation sites (tertiary alicyclic amines) is 1. The number of carboxylic acid groups (broad SMARTS) is 1. The van der Waals surface area contributed by atoms with E-state index < -0.39 is 5.97 Å². The second kappa shape index (κ2) is 11.8. The molecule has 2 heterocycles. The van der Waals surface area contributed by atoms with E-state index in [1.165, 1.54) is 27.8 Å². The molecule has 2 aliphatic rings. The number of rotatable bonds is 8. The summed E-state index contributed by atoms with van der Waals surface area (Å²) in [4.78, 5) is 30.3. The highest BCUT2D eigenvalue weighted by Crippen LogP contribution is 2.44. The Balaban J connectivity index is 0.971. The Bertz CT molecular complexity index is 1500. The zero-order valence-corrected chi connectivity index (χ0v) is 22.8. The Kier molecular flexibility index (Phi) is 7.67. The number of pyridine rings is 1. The van der Waals surface area contributed by atoms with Crippen LogP contribution >= 0.6 is 0 Å². The first-order chi connectivity index (χ1) is 20.0. The van der Waals surface area contributed by atoms with Crippen LogP contribution in [0.5, 0.6) is 0 Å². The zero-order chi connectivity index (χ0) is 28.2. The van der Waals surface area contributed by atoms with Gasteiger partial charge in [-0.05, 0) is 95.8 Å². The fourth-order valence-corrected chi connectivity index (χ4v) is 6.00. The number of aromatic carboxylic acids is 1. The minimum Gasteiger partial charge on any atom is -0.478 e. The number of benzene rings is 3. The van der Waals surface area contributed by atoms with E-state index >= 15 is 0 Å². The van der Waals surface area contributed by atoms with E-state index in [1.807, 2.05) is 17.0 Å². The third-order valence-corrected chi connectivity index (χ3v) is 8.28. The van der Waals surface area contributed by atoms with Crippen LogP contribution in [0.4, 0.5) is 16.3 Å². The topological polar surface area (TPSA) is 91.8 Å². The fraction of sp³-hybridized carbons (Fsp3) is 0.265. The number of nitrogens with zero attached hydrogens (tertiary/aromatic N) is 2. The molecule has 0 radical (unpaired) electrons. The standard InChI is InChI=1S/C34H33N3O4/c38-33(39)25-11-13-26(14-12-25)36-32-21-24(15-18-35-32)10-9-23-16-19-37(20-17-23)34(40)41-22-31-29-7-3-1-5-27(29)28-6-2-4-8-30(28)31/h1-8,11-15,18,21,23,31H,9-10,16-17,19-20,22H2,(H,35,36)(H,38,39). The van der Waals surface area contributed by atoms with Gasteiger partial charge >= 0.3 is 12.1 Å². The summed E-state index contributed by atoms with van der Waals surface area (Å²) in [5, 5.41) is 12.3. The van der Waals surface area contributed by atoms with Crippen molar-refractivity contribution in [1.82, 2.24) is 9.88 Å². The summed E-state index contributed by atoms with van der Waals surface area (Å²) in [5.41, 5.74) is 7.16. The van der Waals surface area contributed by atoms with Gasteiger partial charge in [0.2, 0.25) is 0 Å². The van der Waals surface area contributed by atoms with E-state index in [9.17, 15) is 9.59 Å². The number of amides is 1. The van der Waals surface area contributed by atoms with E-state index in [0.29, 0.717) is 12.5 Å². The maximum Gasteiger partial charge on any atom is 0.409 e. The number of aryl methyl sites for hydroxylation is 1. The minimum atomic E-state index is -0.944. The van der Waals surface area contributed by atoms with Crippen molar-refractivity contribution >= 4 is 23.6 Å². The molecule has 0 bridgehead atoms. The lowest BCUT2D eigenvalue weighted by molar-refractivity contribution is 0.0696. The molecule has 0 unspecified atom stereocenters. The smallest absolute Gasteiger partial charge is 0.409 e. The lowest BCUT2D eigenvalue weighted by Crippen LogP contribution is -2.39. The summed E-state index contributed by atoms with van der Waals surface area (Å²) in [6, 6.07) is 27.5. The Labute approximate surface area is 239 Å². The third kappa shape index (κ3) is 5.94. The number of aromatic nitrogens is 1. The second-order valence-corrected chi connectivity index (χ2v) is 10.8. The van der Waals surface area contributed by atoms with Crippen LogP contribution in [0, 0.1) is 5.92 Å². The van der Waals surface area contributed by atoms with Gasteiger partial charge in [-0.25, -0.2) is 14.6 Å². The number of nitrogens with one attached hydrogen (secondary N) is 1. The maximum absolute atomic E-state index is 13.0. The summed E-state index contributed by atoms with van der Waals surface area (Å²) in [7, 11) is 0. The van der Waals surface area contributed by atoms with Crippen molar-refractivity contribution in [2.24, 2.45) is 5.92 Å². The SMILES string of the molecule is O=C(O)c1ccc(Nc2cc(CCC3CCN(C(=O)OCC4c5ccccc5-c5ccccc54)CC3)ccn2)cc1. The predicted octanol–water partition coefficient (Wildman–Crippen LogP) is 7.12. The number of carbonyl (C=O) groups is 2. The van der Waals surface area contributed by atoms with Crippen LogP contribution in [0.3, 0.4) is 0 Å². The van der Waals surface area contributed by atoms with E-state index in [-0.39, 0.29) is 17.6 Å². The predicted molar refractivity (Wildman–Crippen MR) is 159 cm³/mol. The maximum atomic E-state index is 13.0. The lowest BCUT2D eigenvalue weighted by Gasteiger charge is -2.31. The minimum absolute atomic E-state index is 0.0766. The molecule has 0 spiro atoms. The van der Waals surface area contributed by atoms with Gasteiger partial charge in [0, 0.05) is 30.9 Å². The molecule has 0 saturated carbocycles. The van der Waals surface area contributed by atoms with Crippen LogP contribution < -0.4 is 5.32 Å². The number of hydrogen-bond acceptors (Lipinski definition) is 5. The van der Waals surface area contributed by atoms with Crippen molar-refractivity contribution < 1.29 is 19.4 Å². The first kappa shape index (κ1) is 26.6. The number of hydrogen-bond donors (Lipinski definition) is 2. The molecule has 7 nitrogen and oxygen atoms in total. The Morgan fingerprint density at radius 3 is 2.22 bits per heavy atom. The molecule has 1 aliphatic heterocycles. The number of anilines is 2. The molecule has 2 N–H and O–H groups in total. The van der Waals surface area contributed by atoms with Gasteiger partial charge in [-0.15, -0.1) is 0 Å². The number of carbonyl (C=O) groups excluding carboxylic acids is 1. The largest absolute Gasteiger partial charge is 0.478 e. The van der Waals surface area contributed by atoms with E-state index in [4.69, 9.17) is 9.84 Å². The molecule has 1 amide bonds. The van der Waals surface area contributed by atoms with Crippen molar-refractivity contribution in [3.05, 3.63) is 113 Å². The van der Waals surface area contributed by atoms with Gasteiger partial charge in [-0.1, -0.05) is 48.5 Å². The molecule has 1 aliphatic carbocycles. The number of piperidine rings is 1. The van der Waals surface area contributed by atoms with Gasteiger partial charge in [0.05, 0.1) is 5.56 Å². The molecule has 6 rings (SSSR count). The van der Waals surface area contributed by atoms with Crippen LogP contribution in [0.2, 0.25) is 0 Å². The summed E-state index contributed by atoms with van der Waals surface area (Å²) in [6.45, 7) is 1.79. The highest BCUT2D eigenvalue weighted by atomic mass is 16.6. The Hall–Kier alpha value is -4.65. The number of fused-ring (bicyclic) bond motifs is 3. The van der Waals surface area contributed by atoms with Crippen LogP contribution in [0.1, 0.15) is 52.2 Å².